The van der Waals surface area contributed by atoms with Crippen LogP contribution in [0, 0.1) is 0 Å². The number of hydrogen-bond acceptors (Lipinski definition) is 6. The predicted octanol–water partition coefficient (Wildman–Crippen LogP) is -0.499. The van der Waals surface area contributed by atoms with Gasteiger partial charge in [0.15, 0.2) is 0 Å². The molecule has 1 heterocycles. The van der Waals surface area contributed by atoms with Crippen LogP contribution < -0.4 is 15.8 Å². The van der Waals surface area contributed by atoms with Crippen molar-refractivity contribution in [2.45, 2.75) is 17.7 Å². The predicted molar refractivity (Wildman–Crippen MR) is 95.9 cm³/mol. The maximum absolute atomic E-state index is 12.1. The monoisotopic (exact) mass is 384 g/mol. The van der Waals surface area contributed by atoms with Gasteiger partial charge in [-0.15, -0.1) is 0 Å². The highest BCUT2D eigenvalue weighted by molar-refractivity contribution is 7.89. The van der Waals surface area contributed by atoms with Gasteiger partial charge in [0.25, 0.3) is 0 Å². The molecule has 0 aliphatic carbocycles. The second kappa shape index (κ2) is 9.62. The van der Waals surface area contributed by atoms with Crippen molar-refractivity contribution in [1.29, 1.82) is 0 Å². The lowest BCUT2D eigenvalue weighted by Gasteiger charge is -2.26. The summed E-state index contributed by atoms with van der Waals surface area (Å²) in [5, 5.41) is 2.62. The number of benzene rings is 1. The van der Waals surface area contributed by atoms with E-state index in [1.807, 2.05) is 0 Å². The van der Waals surface area contributed by atoms with Crippen molar-refractivity contribution < 1.29 is 22.7 Å². The van der Waals surface area contributed by atoms with Gasteiger partial charge < -0.3 is 20.7 Å². The van der Waals surface area contributed by atoms with E-state index in [4.69, 9.17) is 10.5 Å². The maximum atomic E-state index is 12.1. The third-order valence-corrected chi connectivity index (χ3v) is 5.25. The van der Waals surface area contributed by atoms with Crippen LogP contribution in [0.3, 0.4) is 0 Å². The van der Waals surface area contributed by atoms with Crippen molar-refractivity contribution >= 4 is 27.5 Å². The molecule has 144 valence electrons. The van der Waals surface area contributed by atoms with E-state index in [0.29, 0.717) is 32.0 Å². The Kier molecular flexibility index (Phi) is 7.51. The normalized spacial score (nSPS) is 14.9. The molecule has 10 heteroatoms. The molecule has 1 aromatic carbocycles. The number of amides is 2. The molecule has 1 aromatic rings. The fraction of sp³-hybridized carbons (Fsp3) is 0.500. The van der Waals surface area contributed by atoms with Crippen LogP contribution in [-0.4, -0.2) is 64.5 Å². The second-order valence-electron chi connectivity index (χ2n) is 5.76. The minimum atomic E-state index is -3.67. The van der Waals surface area contributed by atoms with E-state index in [2.05, 4.69) is 10.0 Å². The van der Waals surface area contributed by atoms with Gasteiger partial charge in [0.1, 0.15) is 0 Å². The van der Waals surface area contributed by atoms with Crippen LogP contribution in [0.5, 0.6) is 0 Å². The van der Waals surface area contributed by atoms with Gasteiger partial charge in [0.2, 0.25) is 21.8 Å². The molecule has 0 aromatic heterocycles. The Balaban J connectivity index is 1.88. The van der Waals surface area contributed by atoms with Crippen molar-refractivity contribution in [3.63, 3.8) is 0 Å². The van der Waals surface area contributed by atoms with Gasteiger partial charge in [-0.05, 0) is 18.2 Å². The molecule has 0 bridgehead atoms. The van der Waals surface area contributed by atoms with Crippen molar-refractivity contribution in [2.24, 2.45) is 5.73 Å². The van der Waals surface area contributed by atoms with E-state index in [0.717, 1.165) is 0 Å². The number of nitrogens with one attached hydrogen (secondary N) is 2. The standard InChI is InChI=1S/C16H24N4O5S/c17-6-7-18-26(23,24)14-3-1-2-13(12-14)19-15(21)4-5-16(22)20-8-10-25-11-9-20/h1-3,12,18H,4-11,17H2,(H,19,21). The van der Waals surface area contributed by atoms with E-state index in [1.165, 1.54) is 18.2 Å². The Morgan fingerprint density at radius 3 is 2.62 bits per heavy atom. The summed E-state index contributed by atoms with van der Waals surface area (Å²) < 4.78 is 31.7. The second-order valence-corrected chi connectivity index (χ2v) is 7.52. The molecule has 1 saturated heterocycles. The third-order valence-electron chi connectivity index (χ3n) is 3.79. The maximum Gasteiger partial charge on any atom is 0.240 e. The van der Waals surface area contributed by atoms with E-state index < -0.39 is 10.0 Å². The Morgan fingerprint density at radius 1 is 1.19 bits per heavy atom. The summed E-state index contributed by atoms with van der Waals surface area (Å²) in [4.78, 5) is 25.8. The zero-order chi connectivity index (χ0) is 19.0. The van der Waals surface area contributed by atoms with Gasteiger partial charge in [-0.25, -0.2) is 13.1 Å². The molecule has 0 unspecified atom stereocenters. The lowest BCUT2D eigenvalue weighted by Crippen LogP contribution is -2.40. The number of carbonyl (C=O) groups excluding carboxylic acids is 2. The van der Waals surface area contributed by atoms with Crippen LogP contribution in [-0.2, 0) is 24.3 Å². The summed E-state index contributed by atoms with van der Waals surface area (Å²) in [5.41, 5.74) is 5.65. The van der Waals surface area contributed by atoms with E-state index in [9.17, 15) is 18.0 Å². The molecule has 2 rings (SSSR count). The molecule has 0 spiro atoms. The van der Waals surface area contributed by atoms with E-state index >= 15 is 0 Å². The zero-order valence-electron chi connectivity index (χ0n) is 14.4. The number of morpholine rings is 1. The van der Waals surface area contributed by atoms with E-state index in [-0.39, 0.29) is 42.6 Å². The van der Waals surface area contributed by atoms with Gasteiger partial charge in [0.05, 0.1) is 18.1 Å². The Hall–Kier alpha value is -2.01. The first kappa shape index (κ1) is 20.3. The minimum absolute atomic E-state index is 0.0264. The average Bonchev–Trinajstić information content (AvgIpc) is 2.65. The summed E-state index contributed by atoms with van der Waals surface area (Å²) in [6, 6.07) is 5.91. The summed E-state index contributed by atoms with van der Waals surface area (Å²) in [7, 11) is -3.67. The highest BCUT2D eigenvalue weighted by Crippen LogP contribution is 2.16. The Labute approximate surface area is 152 Å². The largest absolute Gasteiger partial charge is 0.378 e. The molecular formula is C16H24N4O5S. The van der Waals surface area contributed by atoms with Crippen molar-refractivity contribution in [3.05, 3.63) is 24.3 Å². The van der Waals surface area contributed by atoms with Crippen LogP contribution in [0.2, 0.25) is 0 Å². The Bertz CT molecular complexity index is 732. The van der Waals surface area contributed by atoms with E-state index in [1.54, 1.807) is 11.0 Å². The van der Waals surface area contributed by atoms with Crippen molar-refractivity contribution in [1.82, 2.24) is 9.62 Å². The van der Waals surface area contributed by atoms with Crippen LogP contribution >= 0.6 is 0 Å². The fourth-order valence-corrected chi connectivity index (χ4v) is 3.53. The van der Waals surface area contributed by atoms with Crippen LogP contribution in [0.1, 0.15) is 12.8 Å². The molecule has 1 aliphatic rings. The van der Waals surface area contributed by atoms with Gasteiger partial charge >= 0.3 is 0 Å². The molecular weight excluding hydrogens is 360 g/mol. The van der Waals surface area contributed by atoms with Gasteiger partial charge in [-0.2, -0.15) is 0 Å². The lowest BCUT2D eigenvalue weighted by molar-refractivity contribution is -0.136. The first-order chi connectivity index (χ1) is 12.4. The molecule has 0 saturated carbocycles. The topological polar surface area (TPSA) is 131 Å². The highest BCUT2D eigenvalue weighted by atomic mass is 32.2. The average molecular weight is 384 g/mol. The molecule has 0 radical (unpaired) electrons. The first-order valence-electron chi connectivity index (χ1n) is 8.37. The fourth-order valence-electron chi connectivity index (χ4n) is 2.43. The number of nitrogens with zero attached hydrogens (tertiary/aromatic N) is 1. The van der Waals surface area contributed by atoms with Crippen molar-refractivity contribution in [3.8, 4) is 0 Å². The van der Waals surface area contributed by atoms with Gasteiger partial charge in [0, 0.05) is 44.7 Å². The number of ether oxygens (including phenoxy) is 1. The quantitative estimate of drug-likeness (QED) is 0.554. The van der Waals surface area contributed by atoms with Gasteiger partial charge in [-0.3, -0.25) is 9.59 Å². The number of carbonyl (C=O) groups is 2. The summed E-state index contributed by atoms with van der Waals surface area (Å²) in [6.07, 6.45) is 0.125. The molecule has 1 fully saturated rings. The number of rotatable bonds is 8. The zero-order valence-corrected chi connectivity index (χ0v) is 15.3. The van der Waals surface area contributed by atoms with Crippen LogP contribution in [0.25, 0.3) is 0 Å². The van der Waals surface area contributed by atoms with Crippen LogP contribution in [0.4, 0.5) is 5.69 Å². The summed E-state index contributed by atoms with van der Waals surface area (Å²) in [6.45, 7) is 2.41. The number of sulfonamides is 1. The van der Waals surface area contributed by atoms with Gasteiger partial charge in [-0.1, -0.05) is 6.07 Å². The first-order valence-corrected chi connectivity index (χ1v) is 9.86. The molecule has 1 aliphatic heterocycles. The number of anilines is 1. The third kappa shape index (κ3) is 6.06. The number of hydrogen-bond donors (Lipinski definition) is 3. The molecule has 9 nitrogen and oxygen atoms in total. The summed E-state index contributed by atoms with van der Waals surface area (Å²) >= 11 is 0. The number of nitrogens with two attached hydrogens (primary N) is 1. The smallest absolute Gasteiger partial charge is 0.240 e. The molecule has 0 atom stereocenters. The minimum Gasteiger partial charge on any atom is -0.378 e. The molecule has 4 N–H and O–H groups in total. The highest BCUT2D eigenvalue weighted by Gasteiger charge is 2.18. The Morgan fingerprint density at radius 2 is 1.92 bits per heavy atom. The van der Waals surface area contributed by atoms with Crippen LogP contribution in [0.15, 0.2) is 29.2 Å². The lowest BCUT2D eigenvalue weighted by atomic mass is 10.2. The SMILES string of the molecule is NCCNS(=O)(=O)c1cccc(NC(=O)CCC(=O)N2CCOCC2)c1. The molecule has 2 amide bonds. The van der Waals surface area contributed by atoms with Crippen molar-refractivity contribution in [2.75, 3.05) is 44.7 Å². The molecule has 26 heavy (non-hydrogen) atoms. The summed E-state index contributed by atoms with van der Waals surface area (Å²) in [5.74, 6) is -0.443.